The first-order valence-corrected chi connectivity index (χ1v) is 16.1. The topological polar surface area (TPSA) is 44.2 Å². The van der Waals surface area contributed by atoms with Gasteiger partial charge in [-0.25, -0.2) is 4.98 Å². The number of ether oxygens (including phenoxy) is 2. The van der Waals surface area contributed by atoms with Crippen LogP contribution in [-0.2, 0) is 4.74 Å². The monoisotopic (exact) mass is 466 g/mol. The maximum atomic E-state index is 6.01. The molecule has 0 amide bonds. The molecule has 1 atom stereocenters. The summed E-state index contributed by atoms with van der Waals surface area (Å²) in [5.74, 6) is 0.660. The van der Waals surface area contributed by atoms with Gasteiger partial charge in [-0.15, -0.1) is 0 Å². The number of benzene rings is 1. The van der Waals surface area contributed by atoms with Crippen molar-refractivity contribution in [1.29, 1.82) is 0 Å². The fourth-order valence-electron chi connectivity index (χ4n) is 4.24. The summed E-state index contributed by atoms with van der Waals surface area (Å²) in [6.45, 7) is 12.9. The number of aromatic nitrogens is 2. The van der Waals surface area contributed by atoms with Crippen molar-refractivity contribution in [3.63, 3.8) is 0 Å². The molecule has 2 aromatic heterocycles. The lowest BCUT2D eigenvalue weighted by atomic mass is 10.1. The highest BCUT2D eigenvalue weighted by Gasteiger charge is 2.24. The zero-order valence-corrected chi connectivity index (χ0v) is 22.3. The summed E-state index contributed by atoms with van der Waals surface area (Å²) in [6, 6.07) is 14.1. The average molecular weight is 467 g/mol. The van der Waals surface area contributed by atoms with Crippen LogP contribution in [0, 0.1) is 0 Å². The van der Waals surface area contributed by atoms with Crippen molar-refractivity contribution in [2.75, 3.05) is 13.2 Å². The van der Waals surface area contributed by atoms with E-state index in [2.05, 4.69) is 64.2 Å². The van der Waals surface area contributed by atoms with Crippen LogP contribution in [0.2, 0.25) is 19.1 Å². The van der Waals surface area contributed by atoms with Crippen LogP contribution in [0.3, 0.4) is 0 Å². The summed E-state index contributed by atoms with van der Waals surface area (Å²) < 4.78 is 12.0. The molecule has 0 aliphatic heterocycles. The maximum absolute atomic E-state index is 6.01. The van der Waals surface area contributed by atoms with Crippen LogP contribution >= 0.6 is 0 Å². The lowest BCUT2D eigenvalue weighted by Crippen LogP contribution is -2.43. The highest BCUT2D eigenvalue weighted by atomic mass is 28.3. The second kappa shape index (κ2) is 12.5. The fraction of sp³-hybridized carbons (Fsp3) is 0.571. The molecular formula is C28H42N2O2Si. The third-order valence-corrected chi connectivity index (χ3v) is 9.85. The van der Waals surface area contributed by atoms with Gasteiger partial charge in [0.2, 0.25) is 5.88 Å². The number of pyridine rings is 2. The summed E-state index contributed by atoms with van der Waals surface area (Å²) in [5, 5.41) is 3.60. The summed E-state index contributed by atoms with van der Waals surface area (Å²) in [7, 11) is -1.49. The lowest BCUT2D eigenvalue weighted by molar-refractivity contribution is 0.0153. The zero-order chi connectivity index (χ0) is 23.7. The Morgan fingerprint density at radius 1 is 0.788 bits per heavy atom. The molecule has 0 spiro atoms. The Labute approximate surface area is 201 Å². The summed E-state index contributed by atoms with van der Waals surface area (Å²) in [6.07, 6.45) is 8.48. The van der Waals surface area contributed by atoms with Gasteiger partial charge in [-0.3, -0.25) is 4.98 Å². The van der Waals surface area contributed by atoms with Crippen LogP contribution in [0.1, 0.15) is 65.7 Å². The minimum atomic E-state index is -1.49. The van der Waals surface area contributed by atoms with E-state index in [1.54, 1.807) is 0 Å². The Balaban J connectivity index is 1.69. The van der Waals surface area contributed by atoms with E-state index in [-0.39, 0.29) is 6.10 Å². The molecule has 180 valence electrons. The van der Waals surface area contributed by atoms with E-state index in [1.165, 1.54) is 43.5 Å². The molecule has 3 aromatic rings. The van der Waals surface area contributed by atoms with E-state index in [9.17, 15) is 0 Å². The summed E-state index contributed by atoms with van der Waals surface area (Å²) >= 11 is 0. The maximum Gasteiger partial charge on any atom is 0.213 e. The molecule has 3 rings (SSSR count). The second-order valence-corrected chi connectivity index (χ2v) is 14.6. The van der Waals surface area contributed by atoms with Crippen molar-refractivity contribution < 1.29 is 9.47 Å². The summed E-state index contributed by atoms with van der Waals surface area (Å²) in [4.78, 5) is 9.84. The van der Waals surface area contributed by atoms with Gasteiger partial charge in [0.05, 0.1) is 17.1 Å². The van der Waals surface area contributed by atoms with E-state index >= 15 is 0 Å². The molecule has 0 saturated carbocycles. The summed E-state index contributed by atoms with van der Waals surface area (Å²) in [5.41, 5.74) is 2.01. The molecule has 5 heteroatoms. The van der Waals surface area contributed by atoms with Gasteiger partial charge in [-0.05, 0) is 37.1 Å². The van der Waals surface area contributed by atoms with E-state index in [0.717, 1.165) is 41.3 Å². The molecule has 0 aliphatic rings. The van der Waals surface area contributed by atoms with E-state index in [0.29, 0.717) is 12.5 Å². The van der Waals surface area contributed by atoms with E-state index in [1.807, 2.05) is 6.07 Å². The molecule has 0 saturated heterocycles. The lowest BCUT2D eigenvalue weighted by Gasteiger charge is -2.22. The third kappa shape index (κ3) is 7.00. The highest BCUT2D eigenvalue weighted by molar-refractivity contribution is 6.89. The largest absolute Gasteiger partial charge is 0.475 e. The molecule has 33 heavy (non-hydrogen) atoms. The molecule has 1 unspecified atom stereocenters. The number of nitrogens with zero attached hydrogens (tertiary/aromatic N) is 2. The fourth-order valence-corrected chi connectivity index (χ4v) is 6.69. The molecular weight excluding hydrogens is 424 g/mol. The molecule has 0 aliphatic carbocycles. The van der Waals surface area contributed by atoms with Crippen LogP contribution in [-0.4, -0.2) is 37.4 Å². The first-order valence-electron chi connectivity index (χ1n) is 12.9. The standard InChI is InChI=1S/C28H42N2O2Si/c1-6-9-11-12-19-31-22(8-3)21-32-27-17-13-23-24-14-18-28(33(4,5)20-10-7-2)30-26(24)16-15-25(23)29-27/h13-18,22H,6-12,19-21H2,1-5H3. The number of hydrogen-bond donors (Lipinski definition) is 0. The number of rotatable bonds is 14. The molecule has 0 bridgehead atoms. The Hall–Kier alpha value is -1.98. The van der Waals surface area contributed by atoms with Crippen LogP contribution < -0.4 is 10.1 Å². The van der Waals surface area contributed by atoms with E-state index in [4.69, 9.17) is 19.4 Å². The van der Waals surface area contributed by atoms with Gasteiger partial charge in [0.1, 0.15) is 14.7 Å². The van der Waals surface area contributed by atoms with Crippen molar-refractivity contribution in [2.45, 2.75) is 91.0 Å². The Morgan fingerprint density at radius 2 is 1.48 bits per heavy atom. The number of hydrogen-bond acceptors (Lipinski definition) is 4. The Bertz CT molecular complexity index is 1020. The third-order valence-electron chi connectivity index (χ3n) is 6.59. The van der Waals surface area contributed by atoms with E-state index < -0.39 is 8.07 Å². The second-order valence-electron chi connectivity index (χ2n) is 9.81. The van der Waals surface area contributed by atoms with Crippen molar-refractivity contribution in [3.8, 4) is 5.88 Å². The molecule has 1 aromatic carbocycles. The molecule has 2 heterocycles. The van der Waals surface area contributed by atoms with Gasteiger partial charge in [-0.2, -0.15) is 0 Å². The minimum Gasteiger partial charge on any atom is -0.475 e. The van der Waals surface area contributed by atoms with Crippen LogP contribution in [0.4, 0.5) is 0 Å². The SMILES string of the molecule is CCCCCCOC(CC)COc1ccc2c(ccc3nc([Si](C)(C)CCCC)ccc32)n1. The molecule has 0 radical (unpaired) electrons. The molecule has 0 fully saturated rings. The quantitative estimate of drug-likeness (QED) is 0.142. The van der Waals surface area contributed by atoms with Gasteiger partial charge >= 0.3 is 0 Å². The predicted molar refractivity (Wildman–Crippen MR) is 144 cm³/mol. The Morgan fingerprint density at radius 3 is 2.18 bits per heavy atom. The van der Waals surface area contributed by atoms with Gasteiger partial charge in [0, 0.05) is 28.8 Å². The van der Waals surface area contributed by atoms with Crippen LogP contribution in [0.15, 0.2) is 36.4 Å². The molecule has 4 nitrogen and oxygen atoms in total. The Kier molecular flexibility index (Phi) is 9.69. The van der Waals surface area contributed by atoms with Gasteiger partial charge < -0.3 is 9.47 Å². The van der Waals surface area contributed by atoms with Crippen molar-refractivity contribution in [1.82, 2.24) is 9.97 Å². The van der Waals surface area contributed by atoms with Crippen molar-refractivity contribution in [2.24, 2.45) is 0 Å². The highest BCUT2D eigenvalue weighted by Crippen LogP contribution is 2.25. The number of fused-ring (bicyclic) bond motifs is 3. The minimum absolute atomic E-state index is 0.114. The van der Waals surface area contributed by atoms with Crippen molar-refractivity contribution >= 4 is 35.2 Å². The van der Waals surface area contributed by atoms with Gasteiger partial charge in [0.15, 0.2) is 0 Å². The first kappa shape index (κ1) is 25.6. The normalized spacial score (nSPS) is 13.0. The zero-order valence-electron chi connectivity index (χ0n) is 21.3. The van der Waals surface area contributed by atoms with Crippen LogP contribution in [0.5, 0.6) is 5.88 Å². The average Bonchev–Trinajstić information content (AvgIpc) is 2.83. The smallest absolute Gasteiger partial charge is 0.213 e. The van der Waals surface area contributed by atoms with Gasteiger partial charge in [0.25, 0.3) is 0 Å². The van der Waals surface area contributed by atoms with Crippen molar-refractivity contribution in [3.05, 3.63) is 36.4 Å². The van der Waals surface area contributed by atoms with Crippen LogP contribution in [0.25, 0.3) is 21.8 Å². The predicted octanol–water partition coefficient (Wildman–Crippen LogP) is 7.25. The molecule has 0 N–H and O–H groups in total. The first-order chi connectivity index (χ1) is 16.0. The number of unbranched alkanes of at least 4 members (excludes halogenated alkanes) is 4. The van der Waals surface area contributed by atoms with Gasteiger partial charge in [-0.1, -0.05) is 78.1 Å².